The van der Waals surface area contributed by atoms with Crippen molar-refractivity contribution in [2.75, 3.05) is 33.2 Å². The van der Waals surface area contributed by atoms with Gasteiger partial charge in [-0.15, -0.1) is 0 Å². The van der Waals surface area contributed by atoms with Crippen molar-refractivity contribution in [1.29, 1.82) is 0 Å². The standard InChI is InChI=1S/C12H24N2/c1-12(5-6-12)10-13-8-11-4-3-7-14(2)9-11/h11,13H,3-10H2,1-2H3. The zero-order valence-corrected chi connectivity index (χ0v) is 9.68. The van der Waals surface area contributed by atoms with Crippen molar-refractivity contribution in [2.24, 2.45) is 11.3 Å². The fourth-order valence-corrected chi connectivity index (χ4v) is 2.41. The van der Waals surface area contributed by atoms with E-state index in [4.69, 9.17) is 0 Å². The Kier molecular flexibility index (Phi) is 3.13. The average Bonchev–Trinajstić information content (AvgIpc) is 2.84. The van der Waals surface area contributed by atoms with Crippen LogP contribution in [0.15, 0.2) is 0 Å². The third-order valence-electron chi connectivity index (χ3n) is 3.81. The van der Waals surface area contributed by atoms with E-state index in [1.807, 2.05) is 0 Å². The van der Waals surface area contributed by atoms with Crippen LogP contribution in [0.2, 0.25) is 0 Å². The van der Waals surface area contributed by atoms with Gasteiger partial charge in [0, 0.05) is 13.1 Å². The van der Waals surface area contributed by atoms with Gasteiger partial charge >= 0.3 is 0 Å². The van der Waals surface area contributed by atoms with Crippen LogP contribution < -0.4 is 5.32 Å². The Balaban J connectivity index is 1.60. The highest BCUT2D eigenvalue weighted by Gasteiger charge is 2.36. The van der Waals surface area contributed by atoms with Gasteiger partial charge in [-0.25, -0.2) is 0 Å². The van der Waals surface area contributed by atoms with Crippen LogP contribution in [0.1, 0.15) is 32.6 Å². The number of nitrogens with zero attached hydrogens (tertiary/aromatic N) is 1. The van der Waals surface area contributed by atoms with Crippen LogP contribution in [0.3, 0.4) is 0 Å². The molecule has 2 heteroatoms. The van der Waals surface area contributed by atoms with E-state index in [-0.39, 0.29) is 0 Å². The molecule has 0 aromatic heterocycles. The largest absolute Gasteiger partial charge is 0.316 e. The smallest absolute Gasteiger partial charge is 0.00187 e. The molecular formula is C12H24N2. The first-order valence-corrected chi connectivity index (χ1v) is 6.07. The molecule has 2 rings (SSSR count). The molecule has 0 amide bonds. The maximum atomic E-state index is 3.65. The Bertz CT molecular complexity index is 187. The van der Waals surface area contributed by atoms with Crippen molar-refractivity contribution in [3.05, 3.63) is 0 Å². The Labute approximate surface area is 88.1 Å². The molecule has 0 spiro atoms. The molecule has 1 saturated carbocycles. The van der Waals surface area contributed by atoms with Gasteiger partial charge in [0.25, 0.3) is 0 Å². The summed E-state index contributed by atoms with van der Waals surface area (Å²) in [6.07, 6.45) is 5.68. The Hall–Kier alpha value is -0.0800. The van der Waals surface area contributed by atoms with E-state index in [0.717, 1.165) is 5.92 Å². The molecular weight excluding hydrogens is 172 g/mol. The minimum absolute atomic E-state index is 0.667. The summed E-state index contributed by atoms with van der Waals surface area (Å²) in [7, 11) is 2.24. The highest BCUT2D eigenvalue weighted by molar-refractivity contribution is 4.90. The van der Waals surface area contributed by atoms with Gasteiger partial charge in [-0.3, -0.25) is 0 Å². The second-order valence-electron chi connectivity index (χ2n) is 5.71. The topological polar surface area (TPSA) is 15.3 Å². The lowest BCUT2D eigenvalue weighted by molar-refractivity contribution is 0.204. The maximum Gasteiger partial charge on any atom is 0.00187 e. The van der Waals surface area contributed by atoms with Gasteiger partial charge < -0.3 is 10.2 Å². The summed E-state index contributed by atoms with van der Waals surface area (Å²) in [5.74, 6) is 0.899. The fourth-order valence-electron chi connectivity index (χ4n) is 2.41. The number of rotatable bonds is 4. The lowest BCUT2D eigenvalue weighted by atomic mass is 9.98. The monoisotopic (exact) mass is 196 g/mol. The molecule has 1 aliphatic heterocycles. The summed E-state index contributed by atoms with van der Waals surface area (Å²) in [6, 6.07) is 0. The van der Waals surface area contributed by atoms with Gasteiger partial charge in [0.1, 0.15) is 0 Å². The molecule has 1 atom stereocenters. The average molecular weight is 196 g/mol. The van der Waals surface area contributed by atoms with E-state index >= 15 is 0 Å². The number of likely N-dealkylation sites (tertiary alicyclic amines) is 1. The zero-order chi connectivity index (χ0) is 10.0. The fraction of sp³-hybridized carbons (Fsp3) is 1.00. The van der Waals surface area contributed by atoms with Crippen LogP contribution >= 0.6 is 0 Å². The lowest BCUT2D eigenvalue weighted by Crippen LogP contribution is -2.38. The number of nitrogens with one attached hydrogen (secondary N) is 1. The van der Waals surface area contributed by atoms with Crippen LogP contribution in [-0.4, -0.2) is 38.1 Å². The van der Waals surface area contributed by atoms with E-state index < -0.39 is 0 Å². The minimum atomic E-state index is 0.667. The SMILES string of the molecule is CN1CCCC(CNCC2(C)CC2)C1. The predicted molar refractivity (Wildman–Crippen MR) is 60.4 cm³/mol. The molecule has 0 aromatic carbocycles. The van der Waals surface area contributed by atoms with Gasteiger partial charge in [-0.05, 0) is 57.2 Å². The Morgan fingerprint density at radius 3 is 2.86 bits per heavy atom. The van der Waals surface area contributed by atoms with E-state index in [9.17, 15) is 0 Å². The Morgan fingerprint density at radius 2 is 2.21 bits per heavy atom. The number of hydrogen-bond donors (Lipinski definition) is 1. The first-order valence-electron chi connectivity index (χ1n) is 6.07. The van der Waals surface area contributed by atoms with Crippen molar-refractivity contribution in [3.8, 4) is 0 Å². The molecule has 0 bridgehead atoms. The second kappa shape index (κ2) is 4.19. The molecule has 2 nitrogen and oxygen atoms in total. The molecule has 0 radical (unpaired) electrons. The van der Waals surface area contributed by atoms with Crippen molar-refractivity contribution in [1.82, 2.24) is 10.2 Å². The van der Waals surface area contributed by atoms with Crippen LogP contribution in [-0.2, 0) is 0 Å². The molecule has 1 heterocycles. The molecule has 82 valence electrons. The first-order chi connectivity index (χ1) is 6.68. The third kappa shape index (κ3) is 2.96. The molecule has 2 fully saturated rings. The van der Waals surface area contributed by atoms with Gasteiger partial charge in [0.15, 0.2) is 0 Å². The maximum absolute atomic E-state index is 3.65. The van der Waals surface area contributed by atoms with Gasteiger partial charge in [0.05, 0.1) is 0 Å². The molecule has 1 N–H and O–H groups in total. The van der Waals surface area contributed by atoms with Crippen LogP contribution in [0.4, 0.5) is 0 Å². The summed E-state index contributed by atoms with van der Waals surface area (Å²) in [4.78, 5) is 2.47. The van der Waals surface area contributed by atoms with Gasteiger partial charge in [-0.2, -0.15) is 0 Å². The highest BCUT2D eigenvalue weighted by atomic mass is 15.1. The normalized spacial score (nSPS) is 31.7. The van der Waals surface area contributed by atoms with Crippen LogP contribution in [0.25, 0.3) is 0 Å². The van der Waals surface area contributed by atoms with Crippen molar-refractivity contribution < 1.29 is 0 Å². The van der Waals surface area contributed by atoms with Crippen LogP contribution in [0, 0.1) is 11.3 Å². The highest BCUT2D eigenvalue weighted by Crippen LogP contribution is 2.44. The Morgan fingerprint density at radius 1 is 1.43 bits per heavy atom. The van der Waals surface area contributed by atoms with E-state index in [1.165, 1.54) is 51.9 Å². The van der Waals surface area contributed by atoms with Crippen molar-refractivity contribution in [2.45, 2.75) is 32.6 Å². The van der Waals surface area contributed by atoms with E-state index in [1.54, 1.807) is 0 Å². The summed E-state index contributed by atoms with van der Waals surface area (Å²) in [5.41, 5.74) is 0.667. The summed E-state index contributed by atoms with van der Waals surface area (Å²) >= 11 is 0. The zero-order valence-electron chi connectivity index (χ0n) is 9.68. The first kappa shape index (κ1) is 10.4. The predicted octanol–water partition coefficient (Wildman–Crippen LogP) is 1.72. The molecule has 1 aliphatic carbocycles. The molecule has 1 unspecified atom stereocenters. The van der Waals surface area contributed by atoms with Crippen LogP contribution in [0.5, 0.6) is 0 Å². The molecule has 14 heavy (non-hydrogen) atoms. The molecule has 1 saturated heterocycles. The quantitative estimate of drug-likeness (QED) is 0.736. The van der Waals surface area contributed by atoms with Crippen molar-refractivity contribution >= 4 is 0 Å². The number of piperidine rings is 1. The van der Waals surface area contributed by atoms with Crippen molar-refractivity contribution in [3.63, 3.8) is 0 Å². The van der Waals surface area contributed by atoms with E-state index in [0.29, 0.717) is 5.41 Å². The molecule has 0 aromatic rings. The summed E-state index contributed by atoms with van der Waals surface area (Å²) in [5, 5.41) is 3.65. The minimum Gasteiger partial charge on any atom is -0.316 e. The van der Waals surface area contributed by atoms with Gasteiger partial charge in [0.2, 0.25) is 0 Å². The van der Waals surface area contributed by atoms with Gasteiger partial charge in [-0.1, -0.05) is 6.92 Å². The second-order valence-corrected chi connectivity index (χ2v) is 5.71. The number of hydrogen-bond acceptors (Lipinski definition) is 2. The summed E-state index contributed by atoms with van der Waals surface area (Å²) in [6.45, 7) is 7.47. The third-order valence-corrected chi connectivity index (χ3v) is 3.81. The molecule has 2 aliphatic rings. The summed E-state index contributed by atoms with van der Waals surface area (Å²) < 4.78 is 0. The lowest BCUT2D eigenvalue weighted by Gasteiger charge is -2.30. The van der Waals surface area contributed by atoms with E-state index in [2.05, 4.69) is 24.2 Å².